The highest BCUT2D eigenvalue weighted by Crippen LogP contribution is 2.31. The van der Waals surface area contributed by atoms with Gasteiger partial charge in [-0.15, -0.1) is 0 Å². The number of hydrogen-bond donors (Lipinski definition) is 3. The van der Waals surface area contributed by atoms with Gasteiger partial charge in [-0.1, -0.05) is 19.1 Å². The molecule has 1 aliphatic heterocycles. The van der Waals surface area contributed by atoms with Crippen LogP contribution in [0.5, 0.6) is 5.88 Å². The van der Waals surface area contributed by atoms with E-state index in [1.165, 1.54) is 25.0 Å². The topological polar surface area (TPSA) is 104 Å². The lowest BCUT2D eigenvalue weighted by atomic mass is 10.1. The van der Waals surface area contributed by atoms with E-state index in [1.54, 1.807) is 6.92 Å². The molecule has 0 bridgehead atoms. The van der Waals surface area contributed by atoms with E-state index in [-0.39, 0.29) is 27.6 Å². The smallest absolute Gasteiger partial charge is 0.344 e. The zero-order chi connectivity index (χ0) is 23.8. The monoisotopic (exact) mass is 482 g/mol. The summed E-state index contributed by atoms with van der Waals surface area (Å²) in [5.74, 6) is -3.61. The fraction of sp³-hybridized carbons (Fsp3) is 0.500. The highest BCUT2D eigenvalue weighted by Gasteiger charge is 2.24. The number of unbranched alkanes of at least 4 members (excludes halogenated alkanes) is 1. The number of aromatic nitrogens is 1. The molecule has 1 aromatic carbocycles. The molecule has 11 heteroatoms. The predicted octanol–water partition coefficient (Wildman–Crippen LogP) is 4.26. The average Bonchev–Trinajstić information content (AvgIpc) is 3.44. The number of ether oxygens (including phenoxy) is 1. The van der Waals surface area contributed by atoms with Crippen LogP contribution in [0.3, 0.4) is 0 Å². The third kappa shape index (κ3) is 6.61. The Kier molecular flexibility index (Phi) is 8.95. The summed E-state index contributed by atoms with van der Waals surface area (Å²) in [7, 11) is 0. The number of aromatic carboxylic acids is 1. The average molecular weight is 483 g/mol. The third-order valence-corrected chi connectivity index (χ3v) is 6.22. The lowest BCUT2D eigenvalue weighted by Crippen LogP contribution is -2.30. The number of hydrogen-bond acceptors (Lipinski definition) is 6. The molecule has 3 rings (SSSR count). The summed E-state index contributed by atoms with van der Waals surface area (Å²) in [6.07, 6.45) is 4.60. The first-order valence-corrected chi connectivity index (χ1v) is 11.8. The van der Waals surface area contributed by atoms with Gasteiger partial charge in [-0.2, -0.15) is 4.37 Å². The van der Waals surface area contributed by atoms with E-state index in [0.717, 1.165) is 44.0 Å². The molecule has 1 aliphatic rings. The van der Waals surface area contributed by atoms with Crippen LogP contribution in [-0.4, -0.2) is 52.6 Å². The van der Waals surface area contributed by atoms with E-state index in [9.17, 15) is 23.5 Å². The van der Waals surface area contributed by atoms with E-state index in [0.29, 0.717) is 13.0 Å². The molecule has 8 nitrogen and oxygen atoms in total. The number of nitrogens with one attached hydrogen (secondary N) is 2. The summed E-state index contributed by atoms with van der Waals surface area (Å²) < 4.78 is 37.4. The van der Waals surface area contributed by atoms with Gasteiger partial charge in [-0.25, -0.2) is 18.4 Å². The minimum absolute atomic E-state index is 0.0000464. The maximum atomic E-state index is 14.2. The van der Waals surface area contributed by atoms with E-state index in [2.05, 4.69) is 19.9 Å². The van der Waals surface area contributed by atoms with Crippen molar-refractivity contribution in [1.82, 2.24) is 14.6 Å². The largest absolute Gasteiger partial charge is 0.477 e. The zero-order valence-corrected chi connectivity index (χ0v) is 19.3. The second-order valence-electron chi connectivity index (χ2n) is 7.79. The normalized spacial score (nSPS) is 13.8. The summed E-state index contributed by atoms with van der Waals surface area (Å²) in [5.41, 5.74) is -0.157. The number of rotatable bonds is 11. The Hall–Kier alpha value is -2.79. The van der Waals surface area contributed by atoms with Crippen molar-refractivity contribution in [3.05, 3.63) is 40.5 Å². The van der Waals surface area contributed by atoms with Gasteiger partial charge in [0, 0.05) is 12.1 Å². The quantitative estimate of drug-likeness (QED) is 0.414. The molecule has 2 heterocycles. The van der Waals surface area contributed by atoms with Crippen LogP contribution in [0.4, 0.5) is 18.6 Å². The van der Waals surface area contributed by atoms with Crippen molar-refractivity contribution < 1.29 is 28.2 Å². The maximum absolute atomic E-state index is 14.2. The Morgan fingerprint density at radius 3 is 2.58 bits per heavy atom. The fourth-order valence-electron chi connectivity index (χ4n) is 3.62. The Morgan fingerprint density at radius 1 is 1.18 bits per heavy atom. The van der Waals surface area contributed by atoms with Crippen molar-refractivity contribution in [1.29, 1.82) is 0 Å². The fourth-order valence-corrected chi connectivity index (χ4v) is 4.35. The van der Waals surface area contributed by atoms with Gasteiger partial charge < -0.3 is 20.1 Å². The number of carboxylic acids is 1. The van der Waals surface area contributed by atoms with Crippen molar-refractivity contribution in [2.45, 2.75) is 45.6 Å². The number of carboxylic acid groups (broad SMARTS) is 1. The molecular weight excluding hydrogens is 454 g/mol. The van der Waals surface area contributed by atoms with Gasteiger partial charge in [0.25, 0.3) is 0 Å². The second-order valence-corrected chi connectivity index (χ2v) is 8.56. The minimum Gasteiger partial charge on any atom is -0.477 e. The molecule has 0 radical (unpaired) electrons. The van der Waals surface area contributed by atoms with Crippen LogP contribution in [0, 0.1) is 11.6 Å². The lowest BCUT2D eigenvalue weighted by Gasteiger charge is -2.14. The molecule has 1 saturated heterocycles. The molecule has 0 atom stereocenters. The molecule has 3 N–H and O–H groups in total. The first-order valence-electron chi connectivity index (χ1n) is 11.0. The molecular formula is C22H28F2N4O4S. The SMILES string of the molecule is CCc1ccc(COc2nsc(NC(=O)NCCCCN3CCCC3)c2C(=O)O)c(F)c1F. The van der Waals surface area contributed by atoms with Gasteiger partial charge in [-0.3, -0.25) is 5.32 Å². The number of amides is 2. The third-order valence-electron chi connectivity index (χ3n) is 5.47. The van der Waals surface area contributed by atoms with Gasteiger partial charge in [0.05, 0.1) is 0 Å². The number of urea groups is 1. The highest BCUT2D eigenvalue weighted by atomic mass is 32.1. The van der Waals surface area contributed by atoms with Gasteiger partial charge >= 0.3 is 12.0 Å². The van der Waals surface area contributed by atoms with E-state index in [4.69, 9.17) is 4.74 Å². The number of halogens is 2. The van der Waals surface area contributed by atoms with Crippen LogP contribution in [-0.2, 0) is 13.0 Å². The number of carbonyl (C=O) groups excluding carboxylic acids is 1. The number of likely N-dealkylation sites (tertiary alicyclic amines) is 1. The van der Waals surface area contributed by atoms with Crippen molar-refractivity contribution in [2.24, 2.45) is 0 Å². The Morgan fingerprint density at radius 2 is 1.88 bits per heavy atom. The standard InChI is InChI=1S/C22H28F2N4O4S/c1-2-14-7-8-15(18(24)17(14)23)13-32-19-16(21(29)30)20(33-27-19)26-22(31)25-9-3-4-10-28-11-5-6-12-28/h7-8H,2-6,9-13H2,1H3,(H,29,30)(H2,25,26,31). The van der Waals surface area contributed by atoms with Gasteiger partial charge in [0.1, 0.15) is 11.6 Å². The minimum atomic E-state index is -1.35. The van der Waals surface area contributed by atoms with Crippen molar-refractivity contribution in [3.63, 3.8) is 0 Å². The van der Waals surface area contributed by atoms with Gasteiger partial charge in [-0.05, 0) is 68.8 Å². The Balaban J connectivity index is 1.53. The van der Waals surface area contributed by atoms with Crippen LogP contribution >= 0.6 is 11.5 Å². The second kappa shape index (κ2) is 11.9. The zero-order valence-electron chi connectivity index (χ0n) is 18.5. The van der Waals surface area contributed by atoms with Gasteiger partial charge in [0.15, 0.2) is 17.2 Å². The van der Waals surface area contributed by atoms with E-state index in [1.807, 2.05) is 0 Å². The number of nitrogens with zero attached hydrogens (tertiary/aromatic N) is 2. The Bertz CT molecular complexity index is 980. The van der Waals surface area contributed by atoms with Crippen molar-refractivity contribution in [3.8, 4) is 5.88 Å². The molecule has 0 spiro atoms. The number of aryl methyl sites for hydroxylation is 1. The van der Waals surface area contributed by atoms with Gasteiger partial charge in [0.2, 0.25) is 5.88 Å². The van der Waals surface area contributed by atoms with Crippen LogP contribution in [0.25, 0.3) is 0 Å². The molecule has 2 amide bonds. The van der Waals surface area contributed by atoms with Crippen molar-refractivity contribution in [2.75, 3.05) is 31.5 Å². The summed E-state index contributed by atoms with van der Waals surface area (Å²) in [5, 5.41) is 14.7. The first kappa shape index (κ1) is 24.8. The molecule has 180 valence electrons. The summed E-state index contributed by atoms with van der Waals surface area (Å²) >= 11 is 0.740. The summed E-state index contributed by atoms with van der Waals surface area (Å²) in [6, 6.07) is 2.30. The van der Waals surface area contributed by atoms with E-state index >= 15 is 0 Å². The predicted molar refractivity (Wildman–Crippen MR) is 121 cm³/mol. The molecule has 1 aromatic heterocycles. The molecule has 33 heavy (non-hydrogen) atoms. The molecule has 0 aliphatic carbocycles. The number of benzene rings is 1. The Labute approximate surface area is 195 Å². The summed E-state index contributed by atoms with van der Waals surface area (Å²) in [6.45, 7) is 5.04. The summed E-state index contributed by atoms with van der Waals surface area (Å²) in [4.78, 5) is 26.3. The number of carbonyl (C=O) groups is 2. The van der Waals surface area contributed by atoms with Crippen LogP contribution in [0.1, 0.15) is 54.1 Å². The molecule has 0 unspecified atom stereocenters. The molecule has 2 aromatic rings. The molecule has 0 saturated carbocycles. The van der Waals surface area contributed by atoms with Crippen LogP contribution in [0.2, 0.25) is 0 Å². The highest BCUT2D eigenvalue weighted by molar-refractivity contribution is 7.11. The van der Waals surface area contributed by atoms with Crippen molar-refractivity contribution >= 4 is 28.5 Å². The molecule has 1 fully saturated rings. The first-order chi connectivity index (χ1) is 15.9. The van der Waals surface area contributed by atoms with E-state index < -0.39 is 30.2 Å². The maximum Gasteiger partial charge on any atom is 0.344 e. The van der Waals surface area contributed by atoms with Crippen LogP contribution < -0.4 is 15.4 Å². The van der Waals surface area contributed by atoms with Crippen LogP contribution in [0.15, 0.2) is 12.1 Å². The number of anilines is 1. The lowest BCUT2D eigenvalue weighted by molar-refractivity contribution is 0.0693.